The summed E-state index contributed by atoms with van der Waals surface area (Å²) < 4.78 is 24.3. The third-order valence-electron chi connectivity index (χ3n) is 3.99. The number of hydrogen-bond donors (Lipinski definition) is 3. The lowest BCUT2D eigenvalue weighted by Crippen LogP contribution is -2.21. The lowest BCUT2D eigenvalue weighted by molar-refractivity contribution is -0.117. The summed E-state index contributed by atoms with van der Waals surface area (Å²) in [6, 6.07) is 14.6. The molecule has 0 heterocycles. The van der Waals surface area contributed by atoms with Gasteiger partial charge in [0.25, 0.3) is 10.2 Å². The van der Waals surface area contributed by atoms with Gasteiger partial charge in [0.15, 0.2) is 0 Å². The number of rotatable bonds is 5. The van der Waals surface area contributed by atoms with Crippen LogP contribution in [0, 0.1) is 12.8 Å². The second-order valence-corrected chi connectivity index (χ2v) is 7.37. The van der Waals surface area contributed by atoms with Crippen LogP contribution < -0.4 is 15.2 Å². The Balaban J connectivity index is 1.65. The van der Waals surface area contributed by atoms with Gasteiger partial charge in [-0.05, 0) is 43.0 Å². The van der Waals surface area contributed by atoms with Gasteiger partial charge in [0.2, 0.25) is 5.91 Å². The van der Waals surface area contributed by atoms with Gasteiger partial charge in [-0.15, -0.1) is 0 Å². The second kappa shape index (κ2) is 6.26. The molecule has 4 N–H and O–H groups in total. The molecule has 1 saturated carbocycles. The number of nitrogens with two attached hydrogens (primary N) is 1. The van der Waals surface area contributed by atoms with Crippen LogP contribution in [0.1, 0.15) is 23.5 Å². The van der Waals surface area contributed by atoms with Crippen LogP contribution in [0.25, 0.3) is 0 Å². The summed E-state index contributed by atoms with van der Waals surface area (Å²) in [5, 5.41) is 7.78. The summed E-state index contributed by atoms with van der Waals surface area (Å²) >= 11 is 0. The molecule has 24 heavy (non-hydrogen) atoms. The van der Waals surface area contributed by atoms with Crippen molar-refractivity contribution in [2.24, 2.45) is 11.1 Å². The van der Waals surface area contributed by atoms with Crippen molar-refractivity contribution < 1.29 is 13.2 Å². The Hall–Kier alpha value is -2.38. The van der Waals surface area contributed by atoms with E-state index in [1.807, 2.05) is 25.1 Å². The standard InChI is InChI=1S/C17H19N3O3S/c1-11-4-2-5-12(8-11)15-10-16(15)17(21)19-13-6-3-7-14(9-13)20-24(18,22)23/h2-9,15-16,20H,10H2,1H3,(H,19,21)(H2,18,22,23)/t15-,16+/m1/s1. The maximum Gasteiger partial charge on any atom is 0.296 e. The van der Waals surface area contributed by atoms with Crippen molar-refractivity contribution in [2.75, 3.05) is 10.0 Å². The van der Waals surface area contributed by atoms with Crippen molar-refractivity contribution in [2.45, 2.75) is 19.3 Å². The molecule has 0 saturated heterocycles. The Morgan fingerprint density at radius 2 is 1.83 bits per heavy atom. The summed E-state index contributed by atoms with van der Waals surface area (Å²) in [5.41, 5.74) is 3.20. The fraction of sp³-hybridized carbons (Fsp3) is 0.235. The van der Waals surface area contributed by atoms with Gasteiger partial charge >= 0.3 is 0 Å². The van der Waals surface area contributed by atoms with Crippen LogP contribution in [0.5, 0.6) is 0 Å². The zero-order chi connectivity index (χ0) is 17.3. The fourth-order valence-electron chi connectivity index (χ4n) is 2.81. The maximum atomic E-state index is 12.4. The molecule has 3 rings (SSSR count). The zero-order valence-electron chi connectivity index (χ0n) is 13.2. The molecule has 1 fully saturated rings. The van der Waals surface area contributed by atoms with Crippen LogP contribution in [-0.4, -0.2) is 14.3 Å². The van der Waals surface area contributed by atoms with Crippen LogP contribution in [-0.2, 0) is 15.0 Å². The minimum atomic E-state index is -3.84. The largest absolute Gasteiger partial charge is 0.326 e. The number of carbonyl (C=O) groups is 1. The van der Waals surface area contributed by atoms with Gasteiger partial charge in [-0.3, -0.25) is 9.52 Å². The van der Waals surface area contributed by atoms with Crippen LogP contribution in [0.4, 0.5) is 11.4 Å². The monoisotopic (exact) mass is 345 g/mol. The molecule has 1 aliphatic rings. The first kappa shape index (κ1) is 16.5. The number of aryl methyl sites for hydroxylation is 1. The predicted octanol–water partition coefficient (Wildman–Crippen LogP) is 2.35. The van der Waals surface area contributed by atoms with Gasteiger partial charge < -0.3 is 5.32 Å². The van der Waals surface area contributed by atoms with E-state index in [0.29, 0.717) is 11.4 Å². The summed E-state index contributed by atoms with van der Waals surface area (Å²) in [4.78, 5) is 12.4. The van der Waals surface area contributed by atoms with E-state index in [9.17, 15) is 13.2 Å². The number of nitrogens with one attached hydrogen (secondary N) is 2. The van der Waals surface area contributed by atoms with Gasteiger partial charge in [-0.25, -0.2) is 5.14 Å². The minimum Gasteiger partial charge on any atom is -0.326 e. The van der Waals surface area contributed by atoms with Gasteiger partial charge in [0.05, 0.1) is 5.69 Å². The quantitative estimate of drug-likeness (QED) is 0.775. The molecule has 0 radical (unpaired) electrons. The third-order valence-corrected chi connectivity index (χ3v) is 4.51. The lowest BCUT2D eigenvalue weighted by Gasteiger charge is -2.08. The van der Waals surface area contributed by atoms with E-state index in [0.717, 1.165) is 6.42 Å². The number of anilines is 2. The molecule has 0 spiro atoms. The van der Waals surface area contributed by atoms with Crippen molar-refractivity contribution in [1.82, 2.24) is 0 Å². The predicted molar refractivity (Wildman–Crippen MR) is 93.8 cm³/mol. The highest BCUT2D eigenvalue weighted by molar-refractivity contribution is 7.90. The summed E-state index contributed by atoms with van der Waals surface area (Å²) in [6.45, 7) is 2.03. The van der Waals surface area contributed by atoms with E-state index in [-0.39, 0.29) is 17.7 Å². The molecule has 6 nitrogen and oxygen atoms in total. The highest BCUT2D eigenvalue weighted by Gasteiger charge is 2.43. The first-order chi connectivity index (χ1) is 11.3. The van der Waals surface area contributed by atoms with E-state index >= 15 is 0 Å². The minimum absolute atomic E-state index is 0.0540. The van der Waals surface area contributed by atoms with Crippen molar-refractivity contribution in [3.63, 3.8) is 0 Å². The van der Waals surface area contributed by atoms with Gasteiger partial charge in [0, 0.05) is 11.6 Å². The molecular weight excluding hydrogens is 326 g/mol. The molecule has 0 aliphatic heterocycles. The molecule has 2 atom stereocenters. The van der Waals surface area contributed by atoms with Gasteiger partial charge in [-0.1, -0.05) is 35.9 Å². The Bertz CT molecular complexity index is 880. The van der Waals surface area contributed by atoms with Gasteiger partial charge in [0.1, 0.15) is 0 Å². The first-order valence-corrected chi connectivity index (χ1v) is 9.14. The van der Waals surface area contributed by atoms with Crippen molar-refractivity contribution in [3.8, 4) is 0 Å². The van der Waals surface area contributed by atoms with Crippen LogP contribution in [0.3, 0.4) is 0 Å². The zero-order valence-corrected chi connectivity index (χ0v) is 14.0. The van der Waals surface area contributed by atoms with Crippen LogP contribution >= 0.6 is 0 Å². The van der Waals surface area contributed by atoms with E-state index in [2.05, 4.69) is 16.1 Å². The Morgan fingerprint density at radius 3 is 2.54 bits per heavy atom. The maximum absolute atomic E-state index is 12.4. The topological polar surface area (TPSA) is 101 Å². The SMILES string of the molecule is Cc1cccc([C@H]2C[C@@H]2C(=O)Nc2cccc(NS(N)(=O)=O)c2)c1. The molecule has 1 aliphatic carbocycles. The van der Waals surface area contributed by atoms with Crippen molar-refractivity contribution in [1.29, 1.82) is 0 Å². The highest BCUT2D eigenvalue weighted by Crippen LogP contribution is 2.48. The van der Waals surface area contributed by atoms with Gasteiger partial charge in [-0.2, -0.15) is 8.42 Å². The van der Waals surface area contributed by atoms with Crippen molar-refractivity contribution >= 4 is 27.5 Å². The average molecular weight is 345 g/mol. The summed E-state index contributed by atoms with van der Waals surface area (Å²) in [5.74, 6) is 0.131. The molecule has 0 aromatic heterocycles. The van der Waals surface area contributed by atoms with Crippen LogP contribution in [0.2, 0.25) is 0 Å². The van der Waals surface area contributed by atoms with E-state index in [1.165, 1.54) is 17.2 Å². The number of carbonyl (C=O) groups excluding carboxylic acids is 1. The molecule has 0 bridgehead atoms. The number of amides is 1. The normalized spacial score (nSPS) is 19.6. The van der Waals surface area contributed by atoms with E-state index < -0.39 is 10.2 Å². The Labute approximate surface area is 141 Å². The summed E-state index contributed by atoms with van der Waals surface area (Å²) in [6.07, 6.45) is 0.824. The smallest absolute Gasteiger partial charge is 0.296 e. The Kier molecular flexibility index (Phi) is 4.29. The fourth-order valence-corrected chi connectivity index (χ4v) is 3.27. The molecular formula is C17H19N3O3S. The van der Waals surface area contributed by atoms with E-state index in [4.69, 9.17) is 5.14 Å². The molecule has 7 heteroatoms. The second-order valence-electron chi connectivity index (χ2n) is 6.08. The van der Waals surface area contributed by atoms with E-state index in [1.54, 1.807) is 18.2 Å². The number of hydrogen-bond acceptors (Lipinski definition) is 3. The van der Waals surface area contributed by atoms with Crippen molar-refractivity contribution in [3.05, 3.63) is 59.7 Å². The van der Waals surface area contributed by atoms with Crippen LogP contribution in [0.15, 0.2) is 48.5 Å². The first-order valence-electron chi connectivity index (χ1n) is 7.60. The summed E-state index contributed by atoms with van der Waals surface area (Å²) in [7, 11) is -3.84. The molecule has 2 aromatic carbocycles. The highest BCUT2D eigenvalue weighted by atomic mass is 32.2. The third kappa shape index (κ3) is 4.12. The molecule has 2 aromatic rings. The average Bonchev–Trinajstić information content (AvgIpc) is 3.26. The Morgan fingerprint density at radius 1 is 1.12 bits per heavy atom. The lowest BCUT2D eigenvalue weighted by atomic mass is 10.1. The molecule has 0 unspecified atom stereocenters. The molecule has 1 amide bonds. The number of benzene rings is 2. The molecule has 126 valence electrons.